The van der Waals surface area contributed by atoms with Crippen LogP contribution in [0.5, 0.6) is 0 Å². The van der Waals surface area contributed by atoms with Gasteiger partial charge in [-0.3, -0.25) is 9.59 Å². The van der Waals surface area contributed by atoms with Gasteiger partial charge in [0.2, 0.25) is 5.91 Å². The van der Waals surface area contributed by atoms with Gasteiger partial charge < -0.3 is 10.2 Å². The van der Waals surface area contributed by atoms with E-state index in [0.717, 1.165) is 19.6 Å². The summed E-state index contributed by atoms with van der Waals surface area (Å²) in [5.74, 6) is 0.120. The summed E-state index contributed by atoms with van der Waals surface area (Å²) in [7, 11) is 0. The van der Waals surface area contributed by atoms with E-state index in [1.165, 1.54) is 0 Å². The van der Waals surface area contributed by atoms with E-state index >= 15 is 0 Å². The van der Waals surface area contributed by atoms with Crippen molar-refractivity contribution in [3.63, 3.8) is 0 Å². The van der Waals surface area contributed by atoms with Crippen molar-refractivity contribution in [2.24, 2.45) is 0 Å². The third kappa shape index (κ3) is 3.64. The molecule has 1 aliphatic rings. The molecule has 1 aromatic rings. The minimum absolute atomic E-state index is 0.0386. The molecular weight excluding hydrogens is 240 g/mol. The Morgan fingerprint density at radius 1 is 1.26 bits per heavy atom. The van der Waals surface area contributed by atoms with Crippen LogP contribution in [0.1, 0.15) is 30.1 Å². The predicted molar refractivity (Wildman–Crippen MR) is 74.1 cm³/mol. The van der Waals surface area contributed by atoms with Crippen LogP contribution in [-0.4, -0.2) is 42.3 Å². The number of rotatable bonds is 4. The van der Waals surface area contributed by atoms with E-state index in [0.29, 0.717) is 18.4 Å². The van der Waals surface area contributed by atoms with Gasteiger partial charge in [-0.1, -0.05) is 30.3 Å². The molecule has 1 amide bonds. The molecule has 1 heterocycles. The van der Waals surface area contributed by atoms with E-state index in [9.17, 15) is 9.59 Å². The molecule has 0 aliphatic carbocycles. The number of nitrogens with zero attached hydrogens (tertiary/aromatic N) is 1. The summed E-state index contributed by atoms with van der Waals surface area (Å²) in [5.41, 5.74) is 0.684. The van der Waals surface area contributed by atoms with Crippen LogP contribution < -0.4 is 5.32 Å². The maximum absolute atomic E-state index is 12.1. The van der Waals surface area contributed by atoms with Crippen LogP contribution in [0.25, 0.3) is 0 Å². The minimum Gasteiger partial charge on any atom is -0.337 e. The first-order valence-corrected chi connectivity index (χ1v) is 6.77. The highest BCUT2D eigenvalue weighted by molar-refractivity contribution is 5.97. The molecule has 1 fully saturated rings. The molecule has 0 bridgehead atoms. The number of hydrogen-bond donors (Lipinski definition) is 1. The van der Waals surface area contributed by atoms with Crippen LogP contribution in [0, 0.1) is 0 Å². The zero-order valence-electron chi connectivity index (χ0n) is 11.3. The Morgan fingerprint density at radius 2 is 2.00 bits per heavy atom. The third-order valence-corrected chi connectivity index (χ3v) is 3.48. The predicted octanol–water partition coefficient (Wildman–Crippen LogP) is 1.47. The summed E-state index contributed by atoms with van der Waals surface area (Å²) in [6.45, 7) is 4.43. The highest BCUT2D eigenvalue weighted by Gasteiger charge is 2.23. The minimum atomic E-state index is 0.0386. The van der Waals surface area contributed by atoms with Crippen molar-refractivity contribution >= 4 is 11.7 Å². The maximum Gasteiger partial charge on any atom is 0.223 e. The Kier molecular flexibility index (Phi) is 4.68. The van der Waals surface area contributed by atoms with E-state index in [-0.39, 0.29) is 17.7 Å². The van der Waals surface area contributed by atoms with E-state index in [2.05, 4.69) is 5.32 Å². The normalized spacial score (nSPS) is 19.2. The van der Waals surface area contributed by atoms with Gasteiger partial charge in [-0.2, -0.15) is 0 Å². The zero-order chi connectivity index (χ0) is 13.7. The highest BCUT2D eigenvalue weighted by Crippen LogP contribution is 2.09. The van der Waals surface area contributed by atoms with Crippen molar-refractivity contribution in [3.05, 3.63) is 35.9 Å². The van der Waals surface area contributed by atoms with Gasteiger partial charge in [-0.25, -0.2) is 0 Å². The Balaban J connectivity index is 1.85. The molecule has 4 nitrogen and oxygen atoms in total. The Hall–Kier alpha value is -1.68. The Bertz CT molecular complexity index is 445. The van der Waals surface area contributed by atoms with E-state index < -0.39 is 0 Å². The lowest BCUT2D eigenvalue weighted by atomic mass is 10.1. The van der Waals surface area contributed by atoms with Gasteiger partial charge in [0.25, 0.3) is 0 Å². The molecule has 0 radical (unpaired) electrons. The molecule has 0 unspecified atom stereocenters. The molecule has 102 valence electrons. The summed E-state index contributed by atoms with van der Waals surface area (Å²) in [5, 5.41) is 3.25. The van der Waals surface area contributed by atoms with Gasteiger partial charge in [-0.15, -0.1) is 0 Å². The van der Waals surface area contributed by atoms with Crippen molar-refractivity contribution in [2.75, 3.05) is 19.6 Å². The van der Waals surface area contributed by atoms with Gasteiger partial charge >= 0.3 is 0 Å². The van der Waals surface area contributed by atoms with Crippen molar-refractivity contribution in [3.8, 4) is 0 Å². The largest absolute Gasteiger partial charge is 0.337 e. The number of carbonyl (C=O) groups is 2. The molecular formula is C15H20N2O2. The summed E-state index contributed by atoms with van der Waals surface area (Å²) in [6.07, 6.45) is 0.595. The molecule has 19 heavy (non-hydrogen) atoms. The van der Waals surface area contributed by atoms with Gasteiger partial charge in [0.05, 0.1) is 0 Å². The number of benzene rings is 1. The molecule has 1 atom stereocenters. The molecule has 2 rings (SSSR count). The number of carbonyl (C=O) groups excluding carboxylic acids is 2. The second-order valence-electron chi connectivity index (χ2n) is 4.93. The van der Waals surface area contributed by atoms with Crippen LogP contribution in [0.15, 0.2) is 30.3 Å². The van der Waals surface area contributed by atoms with E-state index in [1.54, 1.807) is 12.1 Å². The average Bonchev–Trinajstić information content (AvgIpc) is 2.46. The molecule has 0 spiro atoms. The standard InChI is InChI=1S/C15H20N2O2/c1-12-11-16-9-10-17(12)15(19)8-7-14(18)13-5-3-2-4-6-13/h2-6,12,16H,7-11H2,1H3/t12-/m1/s1. The number of piperazine rings is 1. The lowest BCUT2D eigenvalue weighted by Gasteiger charge is -2.34. The summed E-state index contributed by atoms with van der Waals surface area (Å²) in [6, 6.07) is 9.36. The Labute approximate surface area is 113 Å². The molecule has 4 heteroatoms. The van der Waals surface area contributed by atoms with Crippen LogP contribution in [0.3, 0.4) is 0 Å². The summed E-state index contributed by atoms with van der Waals surface area (Å²) >= 11 is 0. The fourth-order valence-corrected chi connectivity index (χ4v) is 2.34. The fraction of sp³-hybridized carbons (Fsp3) is 0.467. The van der Waals surface area contributed by atoms with Crippen molar-refractivity contribution in [1.82, 2.24) is 10.2 Å². The Morgan fingerprint density at radius 3 is 2.68 bits per heavy atom. The first kappa shape index (κ1) is 13.7. The van der Waals surface area contributed by atoms with Crippen LogP contribution >= 0.6 is 0 Å². The van der Waals surface area contributed by atoms with Crippen molar-refractivity contribution < 1.29 is 9.59 Å². The number of nitrogens with one attached hydrogen (secondary N) is 1. The monoisotopic (exact) mass is 260 g/mol. The number of ketones is 1. The van der Waals surface area contributed by atoms with Crippen molar-refractivity contribution in [2.45, 2.75) is 25.8 Å². The third-order valence-electron chi connectivity index (χ3n) is 3.48. The molecule has 0 aromatic heterocycles. The van der Waals surface area contributed by atoms with Crippen LogP contribution in [-0.2, 0) is 4.79 Å². The number of amides is 1. The number of hydrogen-bond acceptors (Lipinski definition) is 3. The second-order valence-corrected chi connectivity index (χ2v) is 4.93. The number of Topliss-reactive ketones (excluding diaryl/α,β-unsaturated/α-hetero) is 1. The lowest BCUT2D eigenvalue weighted by molar-refractivity contribution is -0.133. The van der Waals surface area contributed by atoms with Crippen LogP contribution in [0.4, 0.5) is 0 Å². The zero-order valence-corrected chi connectivity index (χ0v) is 11.3. The highest BCUT2D eigenvalue weighted by atomic mass is 16.2. The first-order valence-electron chi connectivity index (χ1n) is 6.77. The summed E-state index contributed by atoms with van der Waals surface area (Å²) in [4.78, 5) is 25.9. The molecule has 1 N–H and O–H groups in total. The lowest BCUT2D eigenvalue weighted by Crippen LogP contribution is -2.52. The van der Waals surface area contributed by atoms with E-state index in [1.807, 2.05) is 30.0 Å². The maximum atomic E-state index is 12.1. The molecule has 1 saturated heterocycles. The average molecular weight is 260 g/mol. The van der Waals surface area contributed by atoms with E-state index in [4.69, 9.17) is 0 Å². The van der Waals surface area contributed by atoms with Crippen molar-refractivity contribution in [1.29, 1.82) is 0 Å². The van der Waals surface area contributed by atoms with Gasteiger partial charge in [-0.05, 0) is 6.92 Å². The molecule has 1 aliphatic heterocycles. The smallest absolute Gasteiger partial charge is 0.223 e. The first-order chi connectivity index (χ1) is 9.18. The SMILES string of the molecule is C[C@@H]1CNCCN1C(=O)CCC(=O)c1ccccc1. The topological polar surface area (TPSA) is 49.4 Å². The van der Waals surface area contributed by atoms with Gasteiger partial charge in [0.1, 0.15) is 0 Å². The van der Waals surface area contributed by atoms with Gasteiger partial charge in [0.15, 0.2) is 5.78 Å². The summed E-state index contributed by atoms with van der Waals surface area (Å²) < 4.78 is 0. The van der Waals surface area contributed by atoms with Crippen LogP contribution in [0.2, 0.25) is 0 Å². The van der Waals surface area contributed by atoms with Gasteiger partial charge in [0, 0.05) is 44.1 Å². The quantitative estimate of drug-likeness (QED) is 0.834. The fourth-order valence-electron chi connectivity index (χ4n) is 2.34. The molecule has 1 aromatic carbocycles. The second kappa shape index (κ2) is 6.48. The molecule has 0 saturated carbocycles.